The smallest absolute Gasteiger partial charge is 0.196 e. The molecule has 0 radical (unpaired) electrons. The zero-order valence-corrected chi connectivity index (χ0v) is 12.1. The van der Waals surface area contributed by atoms with Gasteiger partial charge in [-0.15, -0.1) is 0 Å². The Kier molecular flexibility index (Phi) is 3.05. The predicted octanol–water partition coefficient (Wildman–Crippen LogP) is 3.85. The van der Waals surface area contributed by atoms with Gasteiger partial charge in [-0.05, 0) is 40.3 Å². The number of benzene rings is 3. The maximum atomic E-state index is 12.8. The van der Waals surface area contributed by atoms with E-state index in [1.165, 1.54) is 16.5 Å². The lowest BCUT2D eigenvalue weighted by atomic mass is 9.93. The highest BCUT2D eigenvalue weighted by Crippen LogP contribution is 2.34. The van der Waals surface area contributed by atoms with E-state index in [2.05, 4.69) is 6.07 Å². The molecule has 0 spiro atoms. The summed E-state index contributed by atoms with van der Waals surface area (Å²) in [5.41, 5.74) is 3.85. The average molecular weight is 288 g/mol. The second kappa shape index (κ2) is 5.08. The fourth-order valence-electron chi connectivity index (χ4n) is 3.40. The Balaban J connectivity index is 1.84. The summed E-state index contributed by atoms with van der Waals surface area (Å²) in [6, 6.07) is 19.1. The first kappa shape index (κ1) is 13.2. The number of hydrogen-bond acceptors (Lipinski definition) is 2. The summed E-state index contributed by atoms with van der Waals surface area (Å²) >= 11 is 0. The first-order chi connectivity index (χ1) is 10.8. The third kappa shape index (κ3) is 1.96. The van der Waals surface area contributed by atoms with Crippen LogP contribution in [0.15, 0.2) is 60.7 Å². The van der Waals surface area contributed by atoms with Crippen LogP contribution in [0.1, 0.15) is 33.2 Å². The van der Waals surface area contributed by atoms with Crippen LogP contribution in [0.5, 0.6) is 0 Å². The van der Waals surface area contributed by atoms with Crippen LogP contribution in [0.3, 0.4) is 0 Å². The van der Waals surface area contributed by atoms with E-state index in [0.717, 1.165) is 18.2 Å². The summed E-state index contributed by atoms with van der Waals surface area (Å²) in [6.45, 7) is 0. The lowest BCUT2D eigenvalue weighted by Crippen LogP contribution is -2.12. The van der Waals surface area contributed by atoms with Crippen molar-refractivity contribution in [1.82, 2.24) is 0 Å². The summed E-state index contributed by atoms with van der Waals surface area (Å²) < 4.78 is 0. The molecule has 2 nitrogen and oxygen atoms in total. The highest BCUT2D eigenvalue weighted by atomic mass is 16.3. The fourth-order valence-corrected chi connectivity index (χ4v) is 3.40. The maximum absolute atomic E-state index is 12.8. The molecular weight excluding hydrogens is 272 g/mol. The molecule has 2 heteroatoms. The largest absolute Gasteiger partial charge is 0.380 e. The summed E-state index contributed by atoms with van der Waals surface area (Å²) in [5, 5.41) is 12.6. The van der Waals surface area contributed by atoms with E-state index in [4.69, 9.17) is 0 Å². The van der Waals surface area contributed by atoms with Crippen LogP contribution in [-0.4, -0.2) is 10.9 Å². The summed E-state index contributed by atoms with van der Waals surface area (Å²) in [7, 11) is 0. The van der Waals surface area contributed by atoms with Gasteiger partial charge in [0, 0.05) is 5.56 Å². The summed E-state index contributed by atoms with van der Waals surface area (Å²) in [6.07, 6.45) is 0.955. The van der Waals surface area contributed by atoms with Crippen LogP contribution in [0, 0.1) is 0 Å². The van der Waals surface area contributed by atoms with E-state index in [1.54, 1.807) is 12.1 Å². The predicted molar refractivity (Wildman–Crippen MR) is 87.1 cm³/mol. The molecule has 0 unspecified atom stereocenters. The number of aliphatic hydroxyl groups excluding tert-OH is 1. The molecular formula is C20H16O2. The van der Waals surface area contributed by atoms with Gasteiger partial charge in [0.05, 0.1) is 0 Å². The molecule has 0 aliphatic heterocycles. The van der Waals surface area contributed by atoms with E-state index in [1.807, 2.05) is 42.5 Å². The van der Waals surface area contributed by atoms with Gasteiger partial charge >= 0.3 is 0 Å². The normalized spacial score (nSPS) is 14.2. The monoisotopic (exact) mass is 288 g/mol. The van der Waals surface area contributed by atoms with E-state index in [9.17, 15) is 9.90 Å². The van der Waals surface area contributed by atoms with Crippen LogP contribution in [0.25, 0.3) is 10.8 Å². The molecule has 0 fully saturated rings. The number of rotatable bonds is 3. The number of Topliss-reactive ketones (excluding diaryl/α,β-unsaturated/α-hetero) is 1. The second-order valence-electron chi connectivity index (χ2n) is 5.79. The second-order valence-corrected chi connectivity index (χ2v) is 5.79. The highest BCUT2D eigenvalue weighted by Gasteiger charge is 2.23. The van der Waals surface area contributed by atoms with Crippen molar-refractivity contribution in [3.63, 3.8) is 0 Å². The van der Waals surface area contributed by atoms with E-state index in [0.29, 0.717) is 11.1 Å². The van der Waals surface area contributed by atoms with Crippen molar-refractivity contribution < 1.29 is 9.90 Å². The topological polar surface area (TPSA) is 37.3 Å². The minimum absolute atomic E-state index is 0.234. The molecule has 0 bridgehead atoms. The van der Waals surface area contributed by atoms with Crippen molar-refractivity contribution in [3.05, 3.63) is 82.9 Å². The molecule has 22 heavy (non-hydrogen) atoms. The van der Waals surface area contributed by atoms with Gasteiger partial charge in [-0.2, -0.15) is 0 Å². The number of carbonyl (C=O) groups is 1. The molecule has 3 aromatic rings. The summed E-state index contributed by atoms with van der Waals surface area (Å²) in [4.78, 5) is 12.8. The molecule has 0 saturated carbocycles. The molecule has 1 atom stereocenters. The summed E-state index contributed by atoms with van der Waals surface area (Å²) in [5.74, 6) is -0.234. The molecule has 0 saturated heterocycles. The standard InChI is InChI=1S/C20H16O2/c21-19(15-5-2-1-3-6-15)20(22)17-12-11-14-10-9-13-7-4-8-16(17)18(13)14/h1-8,11-12,19,21H,9-10H2/t19-/m1/s1. The van der Waals surface area contributed by atoms with Crippen molar-refractivity contribution in [1.29, 1.82) is 0 Å². The van der Waals surface area contributed by atoms with Gasteiger partial charge in [-0.1, -0.05) is 60.7 Å². The number of aryl methyl sites for hydroxylation is 2. The number of ketones is 1. The molecule has 0 amide bonds. The third-order valence-electron chi connectivity index (χ3n) is 4.51. The molecule has 3 aromatic carbocycles. The van der Waals surface area contributed by atoms with Gasteiger partial charge in [0.25, 0.3) is 0 Å². The van der Waals surface area contributed by atoms with Crippen LogP contribution < -0.4 is 0 Å². The Morgan fingerprint density at radius 1 is 0.864 bits per heavy atom. The van der Waals surface area contributed by atoms with Gasteiger partial charge < -0.3 is 5.11 Å². The Morgan fingerprint density at radius 3 is 2.36 bits per heavy atom. The van der Waals surface area contributed by atoms with E-state index >= 15 is 0 Å². The number of hydrogen-bond donors (Lipinski definition) is 1. The van der Waals surface area contributed by atoms with Crippen LogP contribution in [0.2, 0.25) is 0 Å². The van der Waals surface area contributed by atoms with Gasteiger partial charge in [-0.3, -0.25) is 4.79 Å². The molecule has 1 N–H and O–H groups in total. The molecule has 0 aromatic heterocycles. The Bertz CT molecular complexity index is 855. The maximum Gasteiger partial charge on any atom is 0.196 e. The first-order valence-electron chi connectivity index (χ1n) is 7.56. The van der Waals surface area contributed by atoms with Crippen molar-refractivity contribution in [3.8, 4) is 0 Å². The zero-order chi connectivity index (χ0) is 15.1. The van der Waals surface area contributed by atoms with Crippen LogP contribution >= 0.6 is 0 Å². The fraction of sp³-hybridized carbons (Fsp3) is 0.150. The quantitative estimate of drug-likeness (QED) is 0.743. The Labute approximate surface area is 129 Å². The van der Waals surface area contributed by atoms with Crippen molar-refractivity contribution in [2.75, 3.05) is 0 Å². The lowest BCUT2D eigenvalue weighted by molar-refractivity contribution is 0.0749. The van der Waals surface area contributed by atoms with Gasteiger partial charge in [0.2, 0.25) is 0 Å². The Hall–Kier alpha value is -2.45. The average Bonchev–Trinajstić information content (AvgIpc) is 3.00. The minimum Gasteiger partial charge on any atom is -0.380 e. The highest BCUT2D eigenvalue weighted by molar-refractivity contribution is 6.11. The number of carbonyl (C=O) groups excluding carboxylic acids is 1. The molecule has 108 valence electrons. The van der Waals surface area contributed by atoms with E-state index < -0.39 is 6.10 Å². The van der Waals surface area contributed by atoms with E-state index in [-0.39, 0.29) is 5.78 Å². The minimum atomic E-state index is -1.11. The molecule has 4 rings (SSSR count). The van der Waals surface area contributed by atoms with Crippen LogP contribution in [0.4, 0.5) is 0 Å². The lowest BCUT2D eigenvalue weighted by Gasteiger charge is -2.13. The first-order valence-corrected chi connectivity index (χ1v) is 7.56. The van der Waals surface area contributed by atoms with Crippen molar-refractivity contribution >= 4 is 16.6 Å². The van der Waals surface area contributed by atoms with Crippen molar-refractivity contribution in [2.45, 2.75) is 18.9 Å². The molecule has 0 heterocycles. The van der Waals surface area contributed by atoms with Gasteiger partial charge in [-0.25, -0.2) is 0 Å². The molecule has 1 aliphatic rings. The van der Waals surface area contributed by atoms with Gasteiger partial charge in [0.15, 0.2) is 5.78 Å². The SMILES string of the molecule is O=C(c1ccc2c3c(cccc13)CC2)[C@H](O)c1ccccc1. The third-order valence-corrected chi connectivity index (χ3v) is 4.51. The van der Waals surface area contributed by atoms with Crippen LogP contribution in [-0.2, 0) is 12.8 Å². The van der Waals surface area contributed by atoms with Gasteiger partial charge in [0.1, 0.15) is 6.10 Å². The van der Waals surface area contributed by atoms with Crippen molar-refractivity contribution in [2.24, 2.45) is 0 Å². The Morgan fingerprint density at radius 2 is 1.59 bits per heavy atom. The molecule has 1 aliphatic carbocycles. The zero-order valence-electron chi connectivity index (χ0n) is 12.1. The number of aliphatic hydroxyl groups is 1.